The Labute approximate surface area is 141 Å². The maximum absolute atomic E-state index is 12.4. The van der Waals surface area contributed by atoms with Crippen LogP contribution in [0.2, 0.25) is 0 Å². The zero-order valence-corrected chi connectivity index (χ0v) is 14.2. The third kappa shape index (κ3) is 3.84. The number of H-pyrrole nitrogens is 1. The van der Waals surface area contributed by atoms with Crippen LogP contribution in [0.25, 0.3) is 0 Å². The molecule has 3 rings (SSSR count). The van der Waals surface area contributed by atoms with Crippen molar-refractivity contribution in [3.05, 3.63) is 23.0 Å². The molecule has 7 nitrogen and oxygen atoms in total. The molecule has 1 aromatic heterocycles. The number of carbonyl (C=O) groups excluding carboxylic acids is 3. The summed E-state index contributed by atoms with van der Waals surface area (Å²) < 4.78 is 0. The molecule has 2 heterocycles. The highest BCUT2D eigenvalue weighted by Crippen LogP contribution is 2.18. The summed E-state index contributed by atoms with van der Waals surface area (Å²) in [5.41, 5.74) is 2.60. The zero-order valence-electron chi connectivity index (χ0n) is 14.2. The van der Waals surface area contributed by atoms with Gasteiger partial charge in [0.2, 0.25) is 0 Å². The number of carbonyl (C=O) groups is 3. The van der Waals surface area contributed by atoms with Crippen molar-refractivity contribution in [3.8, 4) is 0 Å². The van der Waals surface area contributed by atoms with Gasteiger partial charge in [-0.3, -0.25) is 19.3 Å². The Balaban J connectivity index is 1.48. The number of nitrogens with one attached hydrogen (secondary N) is 2. The van der Waals surface area contributed by atoms with E-state index in [9.17, 15) is 14.4 Å². The molecule has 0 spiro atoms. The molecule has 0 atom stereocenters. The maximum Gasteiger partial charge on any atom is 0.311 e. The van der Waals surface area contributed by atoms with E-state index in [1.165, 1.54) is 0 Å². The van der Waals surface area contributed by atoms with Crippen LogP contribution >= 0.6 is 0 Å². The second-order valence-electron chi connectivity index (χ2n) is 6.73. The highest BCUT2D eigenvalue weighted by molar-refractivity contribution is 6.35. The van der Waals surface area contributed by atoms with Gasteiger partial charge in [-0.15, -0.1) is 0 Å². The Morgan fingerprint density at radius 1 is 1.17 bits per heavy atom. The molecule has 2 fully saturated rings. The highest BCUT2D eigenvalue weighted by atomic mass is 16.2. The number of aryl methyl sites for hydroxylation is 2. The lowest BCUT2D eigenvalue weighted by Crippen LogP contribution is -2.53. The molecule has 1 aliphatic heterocycles. The minimum absolute atomic E-state index is 0.0862. The van der Waals surface area contributed by atoms with Crippen molar-refractivity contribution in [1.29, 1.82) is 0 Å². The maximum atomic E-state index is 12.4. The normalized spacial score (nSPS) is 18.5. The number of nitrogens with zero attached hydrogens (tertiary/aromatic N) is 2. The van der Waals surface area contributed by atoms with Crippen LogP contribution in [-0.2, 0) is 9.59 Å². The van der Waals surface area contributed by atoms with E-state index in [-0.39, 0.29) is 11.8 Å². The van der Waals surface area contributed by atoms with Crippen LogP contribution < -0.4 is 5.32 Å². The summed E-state index contributed by atoms with van der Waals surface area (Å²) in [6.45, 7) is 6.35. The first-order chi connectivity index (χ1) is 11.4. The molecule has 130 valence electrons. The second-order valence-corrected chi connectivity index (χ2v) is 6.73. The molecule has 0 aromatic carbocycles. The summed E-state index contributed by atoms with van der Waals surface area (Å²) in [6, 6.07) is 2.06. The van der Waals surface area contributed by atoms with Gasteiger partial charge >= 0.3 is 11.8 Å². The Hall–Kier alpha value is -2.15. The van der Waals surface area contributed by atoms with Crippen molar-refractivity contribution in [2.75, 3.05) is 32.7 Å². The van der Waals surface area contributed by atoms with Crippen LogP contribution in [0, 0.1) is 13.8 Å². The lowest BCUT2D eigenvalue weighted by atomic mass is 10.1. The molecule has 2 amide bonds. The van der Waals surface area contributed by atoms with E-state index in [1.807, 2.05) is 24.8 Å². The van der Waals surface area contributed by atoms with Crippen molar-refractivity contribution in [1.82, 2.24) is 20.1 Å². The smallest absolute Gasteiger partial charge is 0.311 e. The Morgan fingerprint density at radius 2 is 1.83 bits per heavy atom. The molecule has 1 aliphatic carbocycles. The number of rotatable bonds is 4. The summed E-state index contributed by atoms with van der Waals surface area (Å²) in [5, 5.41) is 2.72. The molecule has 0 bridgehead atoms. The van der Waals surface area contributed by atoms with Gasteiger partial charge < -0.3 is 15.2 Å². The first kappa shape index (κ1) is 16.7. The van der Waals surface area contributed by atoms with E-state index < -0.39 is 11.8 Å². The van der Waals surface area contributed by atoms with Gasteiger partial charge in [-0.1, -0.05) is 0 Å². The monoisotopic (exact) mass is 332 g/mol. The molecular formula is C17H24N4O3. The van der Waals surface area contributed by atoms with Gasteiger partial charge in [0, 0.05) is 49.2 Å². The molecular weight excluding hydrogens is 308 g/mol. The highest BCUT2D eigenvalue weighted by Gasteiger charge is 2.31. The predicted molar refractivity (Wildman–Crippen MR) is 88.8 cm³/mol. The number of aromatic nitrogens is 1. The SMILES string of the molecule is Cc1cc(C(=O)CN2CCN(C(=O)C(=O)NC3CC3)CC2)c(C)[nH]1. The molecule has 1 saturated carbocycles. The molecule has 0 unspecified atom stereocenters. The number of aromatic amines is 1. The van der Waals surface area contributed by atoms with Crippen molar-refractivity contribution in [3.63, 3.8) is 0 Å². The number of ketones is 1. The quantitative estimate of drug-likeness (QED) is 0.611. The van der Waals surface area contributed by atoms with E-state index in [0.717, 1.165) is 29.8 Å². The molecule has 2 aliphatic rings. The summed E-state index contributed by atoms with van der Waals surface area (Å²) >= 11 is 0. The van der Waals surface area contributed by atoms with Crippen LogP contribution in [-0.4, -0.2) is 71.1 Å². The van der Waals surface area contributed by atoms with Gasteiger partial charge in [0.25, 0.3) is 0 Å². The van der Waals surface area contributed by atoms with Crippen molar-refractivity contribution >= 4 is 17.6 Å². The largest absolute Gasteiger partial charge is 0.362 e. The van der Waals surface area contributed by atoms with E-state index in [2.05, 4.69) is 10.3 Å². The van der Waals surface area contributed by atoms with Crippen molar-refractivity contribution in [2.45, 2.75) is 32.7 Å². The van der Waals surface area contributed by atoms with Crippen LogP contribution in [0.1, 0.15) is 34.6 Å². The van der Waals surface area contributed by atoms with Crippen LogP contribution in [0.4, 0.5) is 0 Å². The molecule has 0 radical (unpaired) electrons. The summed E-state index contributed by atoms with van der Waals surface area (Å²) in [7, 11) is 0. The number of Topliss-reactive ketones (excluding diaryl/α,β-unsaturated/α-hetero) is 1. The molecule has 1 saturated heterocycles. The molecule has 1 aromatic rings. The number of amides is 2. The summed E-state index contributed by atoms with van der Waals surface area (Å²) in [4.78, 5) is 43.0. The topological polar surface area (TPSA) is 85.5 Å². The molecule has 2 N–H and O–H groups in total. The second kappa shape index (κ2) is 6.76. The van der Waals surface area contributed by atoms with E-state index in [4.69, 9.17) is 0 Å². The Morgan fingerprint density at radius 3 is 2.38 bits per heavy atom. The Bertz CT molecular complexity index is 655. The van der Waals surface area contributed by atoms with E-state index >= 15 is 0 Å². The van der Waals surface area contributed by atoms with Crippen LogP contribution in [0.5, 0.6) is 0 Å². The van der Waals surface area contributed by atoms with Crippen LogP contribution in [0.15, 0.2) is 6.07 Å². The third-order valence-electron chi connectivity index (χ3n) is 4.58. The average molecular weight is 332 g/mol. The van der Waals surface area contributed by atoms with Crippen molar-refractivity contribution in [2.24, 2.45) is 0 Å². The minimum Gasteiger partial charge on any atom is -0.362 e. The first-order valence-corrected chi connectivity index (χ1v) is 8.45. The first-order valence-electron chi connectivity index (χ1n) is 8.45. The Kier molecular flexibility index (Phi) is 4.71. The number of hydrogen-bond acceptors (Lipinski definition) is 4. The van der Waals surface area contributed by atoms with Gasteiger partial charge in [0.1, 0.15) is 0 Å². The number of hydrogen-bond donors (Lipinski definition) is 2. The van der Waals surface area contributed by atoms with Gasteiger partial charge in [-0.25, -0.2) is 0 Å². The minimum atomic E-state index is -0.500. The fraction of sp³-hybridized carbons (Fsp3) is 0.588. The van der Waals surface area contributed by atoms with Crippen LogP contribution in [0.3, 0.4) is 0 Å². The standard InChI is InChI=1S/C17H24N4O3/c1-11-9-14(12(2)18-11)15(22)10-20-5-7-21(8-6-20)17(24)16(23)19-13-3-4-13/h9,13,18H,3-8,10H2,1-2H3,(H,19,23). The van der Waals surface area contributed by atoms with Gasteiger partial charge in [-0.05, 0) is 32.8 Å². The van der Waals surface area contributed by atoms with Gasteiger partial charge in [0.05, 0.1) is 6.54 Å². The lowest BCUT2D eigenvalue weighted by Gasteiger charge is -2.33. The van der Waals surface area contributed by atoms with Gasteiger partial charge in [0.15, 0.2) is 5.78 Å². The summed E-state index contributed by atoms with van der Waals surface area (Å²) in [5.74, 6) is -0.867. The molecule has 7 heteroatoms. The van der Waals surface area contributed by atoms with E-state index in [0.29, 0.717) is 32.7 Å². The number of piperazine rings is 1. The lowest BCUT2D eigenvalue weighted by molar-refractivity contribution is -0.147. The average Bonchev–Trinajstić information content (AvgIpc) is 3.29. The third-order valence-corrected chi connectivity index (χ3v) is 4.58. The summed E-state index contributed by atoms with van der Waals surface area (Å²) in [6.07, 6.45) is 1.93. The van der Waals surface area contributed by atoms with E-state index in [1.54, 1.807) is 4.90 Å². The fourth-order valence-corrected chi connectivity index (χ4v) is 3.03. The zero-order chi connectivity index (χ0) is 17.3. The molecule has 24 heavy (non-hydrogen) atoms. The predicted octanol–water partition coefficient (Wildman–Crippen LogP) is 0.237. The van der Waals surface area contributed by atoms with Gasteiger partial charge in [-0.2, -0.15) is 0 Å². The van der Waals surface area contributed by atoms with Crippen molar-refractivity contribution < 1.29 is 14.4 Å². The fourth-order valence-electron chi connectivity index (χ4n) is 3.03.